The van der Waals surface area contributed by atoms with E-state index in [1.54, 1.807) is 12.1 Å². The second kappa shape index (κ2) is 11.9. The van der Waals surface area contributed by atoms with Gasteiger partial charge in [0, 0.05) is 12.6 Å². The molecule has 1 saturated carbocycles. The number of hydrogen-bond acceptors (Lipinski definition) is 4. The van der Waals surface area contributed by atoms with E-state index in [2.05, 4.69) is 5.32 Å². The zero-order valence-electron chi connectivity index (χ0n) is 22.1. The first-order valence-electron chi connectivity index (χ1n) is 12.7. The van der Waals surface area contributed by atoms with E-state index in [-0.39, 0.29) is 25.0 Å². The average Bonchev–Trinajstić information content (AvgIpc) is 3.32. The van der Waals surface area contributed by atoms with E-state index < -0.39 is 22.0 Å². The second-order valence-corrected chi connectivity index (χ2v) is 11.9. The first-order chi connectivity index (χ1) is 17.0. The predicted molar refractivity (Wildman–Crippen MR) is 144 cm³/mol. The maximum absolute atomic E-state index is 13.8. The zero-order chi connectivity index (χ0) is 26.5. The van der Waals surface area contributed by atoms with Gasteiger partial charge in [-0.25, -0.2) is 8.42 Å². The molecule has 7 nitrogen and oxygen atoms in total. The molecular weight excluding hydrogens is 474 g/mol. The molecule has 1 aliphatic carbocycles. The van der Waals surface area contributed by atoms with Crippen LogP contribution in [0.3, 0.4) is 0 Å². The number of rotatable bonds is 10. The Morgan fingerprint density at radius 3 is 2.19 bits per heavy atom. The van der Waals surface area contributed by atoms with E-state index in [0.29, 0.717) is 12.1 Å². The average molecular weight is 514 g/mol. The third kappa shape index (κ3) is 7.09. The monoisotopic (exact) mass is 513 g/mol. The Bertz CT molecular complexity index is 1170. The van der Waals surface area contributed by atoms with Crippen molar-refractivity contribution >= 4 is 27.5 Å². The summed E-state index contributed by atoms with van der Waals surface area (Å²) in [6, 6.07) is 12.6. The Morgan fingerprint density at radius 1 is 1.00 bits per heavy atom. The quantitative estimate of drug-likeness (QED) is 0.515. The van der Waals surface area contributed by atoms with Crippen LogP contribution >= 0.6 is 0 Å². The SMILES string of the molecule is CC[C@@H](C(=O)NC1CCCC1)N(Cc1ccc(C)cc1)C(=O)CN(c1ccc(C)c(C)c1)S(C)(=O)=O. The summed E-state index contributed by atoms with van der Waals surface area (Å²) in [4.78, 5) is 28.6. The third-order valence-corrected chi connectivity index (χ3v) is 8.16. The van der Waals surface area contributed by atoms with Gasteiger partial charge in [-0.15, -0.1) is 0 Å². The van der Waals surface area contributed by atoms with Crippen LogP contribution in [0.1, 0.15) is 61.3 Å². The fourth-order valence-electron chi connectivity index (χ4n) is 4.67. The van der Waals surface area contributed by atoms with Gasteiger partial charge in [-0.3, -0.25) is 13.9 Å². The second-order valence-electron chi connectivity index (χ2n) is 9.96. The van der Waals surface area contributed by atoms with Gasteiger partial charge >= 0.3 is 0 Å². The minimum Gasteiger partial charge on any atom is -0.352 e. The van der Waals surface area contributed by atoms with Crippen molar-refractivity contribution in [3.05, 3.63) is 64.7 Å². The van der Waals surface area contributed by atoms with Crippen molar-refractivity contribution in [2.45, 2.75) is 78.4 Å². The molecule has 196 valence electrons. The lowest BCUT2D eigenvalue weighted by Crippen LogP contribution is -2.53. The van der Waals surface area contributed by atoms with E-state index in [1.807, 2.05) is 58.0 Å². The van der Waals surface area contributed by atoms with Gasteiger partial charge in [-0.2, -0.15) is 0 Å². The molecule has 0 radical (unpaired) electrons. The molecule has 0 unspecified atom stereocenters. The first-order valence-corrected chi connectivity index (χ1v) is 14.5. The van der Waals surface area contributed by atoms with Crippen molar-refractivity contribution in [2.24, 2.45) is 0 Å². The van der Waals surface area contributed by atoms with E-state index in [4.69, 9.17) is 0 Å². The standard InChI is InChI=1S/C28H39N3O4S/c1-6-26(28(33)29-24-9-7-8-10-24)30(18-23-14-11-20(2)12-15-23)27(32)19-31(36(5,34)35)25-16-13-21(3)22(4)17-25/h11-17,24,26H,6-10,18-19H2,1-5H3,(H,29,33)/t26-/m0/s1. The summed E-state index contributed by atoms with van der Waals surface area (Å²) in [5.74, 6) is -0.588. The van der Waals surface area contributed by atoms with Crippen LogP contribution in [0.2, 0.25) is 0 Å². The Morgan fingerprint density at radius 2 is 1.64 bits per heavy atom. The van der Waals surface area contributed by atoms with Crippen LogP contribution in [-0.4, -0.2) is 50.0 Å². The molecule has 0 spiro atoms. The molecule has 0 bridgehead atoms. The summed E-state index contributed by atoms with van der Waals surface area (Å²) >= 11 is 0. The maximum atomic E-state index is 13.8. The molecular formula is C28H39N3O4S. The third-order valence-electron chi connectivity index (χ3n) is 7.02. The van der Waals surface area contributed by atoms with Gasteiger partial charge in [0.1, 0.15) is 12.6 Å². The number of aryl methyl sites for hydroxylation is 3. The summed E-state index contributed by atoms with van der Waals surface area (Å²) in [6.07, 6.45) is 5.61. The highest BCUT2D eigenvalue weighted by atomic mass is 32.2. The highest BCUT2D eigenvalue weighted by Crippen LogP contribution is 2.23. The van der Waals surface area contributed by atoms with Gasteiger partial charge in [0.05, 0.1) is 11.9 Å². The van der Waals surface area contributed by atoms with Gasteiger partial charge in [0.2, 0.25) is 21.8 Å². The van der Waals surface area contributed by atoms with Crippen molar-refractivity contribution in [3.63, 3.8) is 0 Å². The van der Waals surface area contributed by atoms with Crippen molar-refractivity contribution < 1.29 is 18.0 Å². The van der Waals surface area contributed by atoms with Crippen LogP contribution in [0.25, 0.3) is 0 Å². The Hall–Kier alpha value is -2.87. The number of carbonyl (C=O) groups excluding carboxylic acids is 2. The Kier molecular flexibility index (Phi) is 9.17. The summed E-state index contributed by atoms with van der Waals surface area (Å²) in [5, 5.41) is 3.12. The fraction of sp³-hybridized carbons (Fsp3) is 0.500. The lowest BCUT2D eigenvalue weighted by Gasteiger charge is -2.33. The molecule has 2 aromatic rings. The van der Waals surface area contributed by atoms with Crippen LogP contribution in [0.15, 0.2) is 42.5 Å². The minimum absolute atomic E-state index is 0.130. The maximum Gasteiger partial charge on any atom is 0.244 e. The predicted octanol–water partition coefficient (Wildman–Crippen LogP) is 4.24. The molecule has 0 heterocycles. The van der Waals surface area contributed by atoms with Crippen molar-refractivity contribution in [3.8, 4) is 0 Å². The molecule has 0 aromatic heterocycles. The van der Waals surface area contributed by atoms with Gasteiger partial charge in [-0.1, -0.05) is 55.7 Å². The molecule has 1 aliphatic rings. The molecule has 3 rings (SSSR count). The van der Waals surface area contributed by atoms with Crippen LogP contribution in [0.4, 0.5) is 5.69 Å². The summed E-state index contributed by atoms with van der Waals surface area (Å²) in [5.41, 5.74) is 4.40. The van der Waals surface area contributed by atoms with E-state index in [0.717, 1.165) is 58.5 Å². The lowest BCUT2D eigenvalue weighted by molar-refractivity contribution is -0.140. The minimum atomic E-state index is -3.74. The van der Waals surface area contributed by atoms with Gasteiger partial charge in [0.25, 0.3) is 0 Å². The molecule has 0 saturated heterocycles. The number of amides is 2. The number of carbonyl (C=O) groups is 2. The molecule has 36 heavy (non-hydrogen) atoms. The Balaban J connectivity index is 1.92. The van der Waals surface area contributed by atoms with Crippen molar-refractivity contribution in [1.29, 1.82) is 0 Å². The van der Waals surface area contributed by atoms with E-state index in [1.165, 1.54) is 4.90 Å². The first kappa shape index (κ1) is 27.7. The molecule has 8 heteroatoms. The highest BCUT2D eigenvalue weighted by molar-refractivity contribution is 7.92. The zero-order valence-corrected chi connectivity index (χ0v) is 22.9. The van der Waals surface area contributed by atoms with Crippen molar-refractivity contribution in [1.82, 2.24) is 10.2 Å². The molecule has 1 atom stereocenters. The number of sulfonamides is 1. The number of nitrogens with one attached hydrogen (secondary N) is 1. The number of benzene rings is 2. The molecule has 2 amide bonds. The molecule has 1 N–H and O–H groups in total. The van der Waals surface area contributed by atoms with Crippen LogP contribution < -0.4 is 9.62 Å². The van der Waals surface area contributed by atoms with E-state index in [9.17, 15) is 18.0 Å². The van der Waals surface area contributed by atoms with Crippen LogP contribution in [0.5, 0.6) is 0 Å². The fourth-order valence-corrected chi connectivity index (χ4v) is 5.51. The Labute approximate surface area is 215 Å². The number of nitrogens with zero attached hydrogens (tertiary/aromatic N) is 2. The molecule has 2 aromatic carbocycles. The van der Waals surface area contributed by atoms with E-state index >= 15 is 0 Å². The summed E-state index contributed by atoms with van der Waals surface area (Å²) in [6.45, 7) is 7.58. The molecule has 0 aliphatic heterocycles. The summed E-state index contributed by atoms with van der Waals surface area (Å²) < 4.78 is 26.7. The number of hydrogen-bond donors (Lipinski definition) is 1. The smallest absolute Gasteiger partial charge is 0.244 e. The van der Waals surface area contributed by atoms with Gasteiger partial charge in [-0.05, 0) is 68.9 Å². The van der Waals surface area contributed by atoms with Crippen LogP contribution in [-0.2, 0) is 26.2 Å². The lowest BCUT2D eigenvalue weighted by atomic mass is 10.1. The largest absolute Gasteiger partial charge is 0.352 e. The van der Waals surface area contributed by atoms with Crippen molar-refractivity contribution in [2.75, 3.05) is 17.1 Å². The number of anilines is 1. The normalized spacial score (nSPS) is 14.9. The van der Waals surface area contributed by atoms with Crippen LogP contribution in [0, 0.1) is 20.8 Å². The summed E-state index contributed by atoms with van der Waals surface area (Å²) in [7, 11) is -3.74. The van der Waals surface area contributed by atoms with Gasteiger partial charge < -0.3 is 10.2 Å². The highest BCUT2D eigenvalue weighted by Gasteiger charge is 2.33. The molecule has 1 fully saturated rings. The topological polar surface area (TPSA) is 86.8 Å². The van der Waals surface area contributed by atoms with Gasteiger partial charge in [0.15, 0.2) is 0 Å².